The van der Waals surface area contributed by atoms with E-state index in [2.05, 4.69) is 26.7 Å². The quantitative estimate of drug-likeness (QED) is 0.779. The van der Waals surface area contributed by atoms with Crippen LogP contribution in [0.25, 0.3) is 12.2 Å². The molecular formula is C20H21N5O2S. The maximum absolute atomic E-state index is 12.5. The van der Waals surface area contributed by atoms with Crippen molar-refractivity contribution < 1.29 is 9.59 Å². The number of aromatic nitrogens is 2. The normalized spacial score (nSPS) is 17.2. The molecule has 2 amide bonds. The summed E-state index contributed by atoms with van der Waals surface area (Å²) >= 11 is 1.63. The van der Waals surface area contributed by atoms with Crippen LogP contribution in [0.1, 0.15) is 29.0 Å². The van der Waals surface area contributed by atoms with E-state index in [0.29, 0.717) is 12.4 Å². The monoisotopic (exact) mass is 395 g/mol. The number of hydrogen-bond acceptors (Lipinski definition) is 6. The Morgan fingerprint density at radius 1 is 1.21 bits per heavy atom. The van der Waals surface area contributed by atoms with Gasteiger partial charge in [0, 0.05) is 49.0 Å². The second-order valence-electron chi connectivity index (χ2n) is 6.76. The van der Waals surface area contributed by atoms with Gasteiger partial charge in [-0.3, -0.25) is 9.59 Å². The predicted octanol–water partition coefficient (Wildman–Crippen LogP) is 2.30. The molecule has 2 aliphatic heterocycles. The summed E-state index contributed by atoms with van der Waals surface area (Å²) in [6.45, 7) is 2.28. The van der Waals surface area contributed by atoms with E-state index in [-0.39, 0.29) is 18.4 Å². The zero-order valence-corrected chi connectivity index (χ0v) is 16.2. The summed E-state index contributed by atoms with van der Waals surface area (Å²) in [5, 5.41) is 8.81. The zero-order chi connectivity index (χ0) is 19.3. The molecule has 0 aliphatic carbocycles. The van der Waals surface area contributed by atoms with Crippen LogP contribution in [0, 0.1) is 0 Å². The summed E-state index contributed by atoms with van der Waals surface area (Å²) in [4.78, 5) is 34.5. The minimum absolute atomic E-state index is 0.00895. The van der Waals surface area contributed by atoms with E-state index in [1.54, 1.807) is 29.7 Å². The Bertz CT molecular complexity index is 926. The number of likely N-dealkylation sites (tertiary alicyclic amines) is 1. The summed E-state index contributed by atoms with van der Waals surface area (Å²) < 4.78 is 0. The topological polar surface area (TPSA) is 87.2 Å². The van der Waals surface area contributed by atoms with Gasteiger partial charge in [0.2, 0.25) is 11.8 Å². The van der Waals surface area contributed by atoms with Crippen LogP contribution in [0.5, 0.6) is 0 Å². The van der Waals surface area contributed by atoms with Crippen molar-refractivity contribution in [3.63, 3.8) is 0 Å². The Labute approximate surface area is 167 Å². The molecule has 0 spiro atoms. The van der Waals surface area contributed by atoms with Gasteiger partial charge < -0.3 is 15.5 Å². The SMILES string of the molecule is O=C1CNCc2cc(C=CC(=O)N3CCC(=Cc4nccs4)CC3)cnc2N1. The average molecular weight is 395 g/mol. The fraction of sp³-hybridized carbons (Fsp3) is 0.300. The predicted molar refractivity (Wildman–Crippen MR) is 110 cm³/mol. The van der Waals surface area contributed by atoms with Gasteiger partial charge in [0.1, 0.15) is 10.8 Å². The van der Waals surface area contributed by atoms with E-state index >= 15 is 0 Å². The molecule has 4 heterocycles. The number of nitrogens with zero attached hydrogens (tertiary/aromatic N) is 3. The van der Waals surface area contributed by atoms with E-state index in [9.17, 15) is 9.59 Å². The first-order chi connectivity index (χ1) is 13.7. The number of rotatable bonds is 3. The van der Waals surface area contributed by atoms with Crippen LogP contribution in [0.2, 0.25) is 0 Å². The number of fused-ring (bicyclic) bond motifs is 1. The molecule has 2 aromatic rings. The first-order valence-corrected chi connectivity index (χ1v) is 10.1. The van der Waals surface area contributed by atoms with E-state index in [0.717, 1.165) is 42.1 Å². The standard InChI is InChI=1S/C20H21N5O2S/c26-17-13-21-12-16-9-15(11-23-20(16)24-17)1-2-19(27)25-6-3-14(4-7-25)10-18-22-5-8-28-18/h1-2,5,8-11,21H,3-4,6-7,12-13H2,(H,23,24,26). The molecule has 1 saturated heterocycles. The zero-order valence-electron chi connectivity index (χ0n) is 15.4. The van der Waals surface area contributed by atoms with E-state index in [4.69, 9.17) is 0 Å². The lowest BCUT2D eigenvalue weighted by Gasteiger charge is -2.27. The molecule has 0 unspecified atom stereocenters. The third-order valence-corrected chi connectivity index (χ3v) is 5.48. The molecular weight excluding hydrogens is 374 g/mol. The van der Waals surface area contributed by atoms with Crippen LogP contribution < -0.4 is 10.6 Å². The number of anilines is 1. The van der Waals surface area contributed by atoms with Gasteiger partial charge in [0.15, 0.2) is 0 Å². The molecule has 0 radical (unpaired) electrons. The van der Waals surface area contributed by atoms with E-state index in [1.807, 2.05) is 22.5 Å². The highest BCUT2D eigenvalue weighted by atomic mass is 32.1. The molecule has 4 rings (SSSR count). The van der Waals surface area contributed by atoms with Crippen molar-refractivity contribution in [3.8, 4) is 0 Å². The van der Waals surface area contributed by atoms with Gasteiger partial charge in [-0.2, -0.15) is 0 Å². The summed E-state index contributed by atoms with van der Waals surface area (Å²) in [5.41, 5.74) is 3.09. The summed E-state index contributed by atoms with van der Waals surface area (Å²) in [6, 6.07) is 1.94. The maximum Gasteiger partial charge on any atom is 0.246 e. The lowest BCUT2D eigenvalue weighted by atomic mass is 10.0. The third-order valence-electron chi connectivity index (χ3n) is 4.76. The maximum atomic E-state index is 12.5. The van der Waals surface area contributed by atoms with Gasteiger partial charge in [-0.25, -0.2) is 9.97 Å². The van der Waals surface area contributed by atoms with E-state index < -0.39 is 0 Å². The number of carbonyl (C=O) groups is 2. The van der Waals surface area contributed by atoms with Crippen molar-refractivity contribution in [1.82, 2.24) is 20.2 Å². The Balaban J connectivity index is 1.36. The van der Waals surface area contributed by atoms with Crippen LogP contribution in [0.3, 0.4) is 0 Å². The molecule has 2 N–H and O–H groups in total. The van der Waals surface area contributed by atoms with Gasteiger partial charge in [0.25, 0.3) is 0 Å². The lowest BCUT2D eigenvalue weighted by molar-refractivity contribution is -0.126. The summed E-state index contributed by atoms with van der Waals surface area (Å²) in [7, 11) is 0. The smallest absolute Gasteiger partial charge is 0.246 e. The number of amides is 2. The molecule has 2 aromatic heterocycles. The highest BCUT2D eigenvalue weighted by molar-refractivity contribution is 7.10. The minimum Gasteiger partial charge on any atom is -0.339 e. The van der Waals surface area contributed by atoms with Gasteiger partial charge in [0.05, 0.1) is 6.54 Å². The fourth-order valence-electron chi connectivity index (χ4n) is 3.27. The number of pyridine rings is 1. The minimum atomic E-state index is -0.0990. The molecule has 0 saturated carbocycles. The molecule has 8 heteroatoms. The number of hydrogen-bond donors (Lipinski definition) is 2. The Morgan fingerprint density at radius 3 is 2.86 bits per heavy atom. The van der Waals surface area contributed by atoms with Crippen molar-refractivity contribution >= 4 is 41.1 Å². The fourth-order valence-corrected chi connectivity index (χ4v) is 3.88. The molecule has 144 valence electrons. The van der Waals surface area contributed by atoms with Crippen LogP contribution in [0.4, 0.5) is 5.82 Å². The van der Waals surface area contributed by atoms with E-state index in [1.165, 1.54) is 5.57 Å². The van der Waals surface area contributed by atoms with Crippen molar-refractivity contribution in [1.29, 1.82) is 0 Å². The Morgan fingerprint density at radius 2 is 2.07 bits per heavy atom. The average Bonchev–Trinajstić information content (AvgIpc) is 3.14. The Hall–Kier alpha value is -2.84. The molecule has 28 heavy (non-hydrogen) atoms. The summed E-state index contributed by atoms with van der Waals surface area (Å²) in [5.74, 6) is 0.488. The van der Waals surface area contributed by atoms with Gasteiger partial charge in [-0.1, -0.05) is 5.57 Å². The van der Waals surface area contributed by atoms with Gasteiger partial charge in [-0.15, -0.1) is 11.3 Å². The van der Waals surface area contributed by atoms with Crippen molar-refractivity contribution in [2.45, 2.75) is 19.4 Å². The lowest BCUT2D eigenvalue weighted by Crippen LogP contribution is -2.35. The second-order valence-corrected chi connectivity index (χ2v) is 7.69. The highest BCUT2D eigenvalue weighted by Gasteiger charge is 2.18. The number of carbonyl (C=O) groups excluding carboxylic acids is 2. The first kappa shape index (κ1) is 18.5. The van der Waals surface area contributed by atoms with Crippen LogP contribution >= 0.6 is 11.3 Å². The van der Waals surface area contributed by atoms with Gasteiger partial charge in [-0.05, 0) is 36.6 Å². The molecule has 2 aliphatic rings. The van der Waals surface area contributed by atoms with Crippen LogP contribution in [-0.2, 0) is 16.1 Å². The second kappa shape index (κ2) is 8.45. The first-order valence-electron chi connectivity index (χ1n) is 9.23. The largest absolute Gasteiger partial charge is 0.339 e. The number of piperidine rings is 1. The number of nitrogens with one attached hydrogen (secondary N) is 2. The van der Waals surface area contributed by atoms with Gasteiger partial charge >= 0.3 is 0 Å². The molecule has 0 atom stereocenters. The van der Waals surface area contributed by atoms with Crippen LogP contribution in [0.15, 0.2) is 35.5 Å². The molecule has 7 nitrogen and oxygen atoms in total. The molecule has 0 aromatic carbocycles. The molecule has 1 fully saturated rings. The van der Waals surface area contributed by atoms with Crippen molar-refractivity contribution in [2.24, 2.45) is 0 Å². The van der Waals surface area contributed by atoms with Crippen molar-refractivity contribution in [2.75, 3.05) is 25.0 Å². The van der Waals surface area contributed by atoms with Crippen molar-refractivity contribution in [3.05, 3.63) is 51.6 Å². The third kappa shape index (κ3) is 4.52. The highest BCUT2D eigenvalue weighted by Crippen LogP contribution is 2.21. The Kier molecular flexibility index (Phi) is 5.59. The number of thiazole rings is 1. The van der Waals surface area contributed by atoms with Crippen LogP contribution in [-0.4, -0.2) is 46.3 Å². The molecule has 0 bridgehead atoms. The summed E-state index contributed by atoms with van der Waals surface area (Å²) in [6.07, 6.45) is 10.7.